The molecular formula is C14H28Si. The summed E-state index contributed by atoms with van der Waals surface area (Å²) in [5.74, 6) is 0. The van der Waals surface area contributed by atoms with Gasteiger partial charge in [-0.05, 0) is 29.5 Å². The summed E-state index contributed by atoms with van der Waals surface area (Å²) in [6, 6.07) is 1.51. The zero-order chi connectivity index (χ0) is 12.1. The van der Waals surface area contributed by atoms with Crippen molar-refractivity contribution >= 4 is 8.07 Å². The van der Waals surface area contributed by atoms with Crippen LogP contribution in [0.3, 0.4) is 0 Å². The molecule has 88 valence electrons. The predicted octanol–water partition coefficient (Wildman–Crippen LogP) is 5.39. The number of rotatable bonds is 1. The van der Waals surface area contributed by atoms with Crippen molar-refractivity contribution in [1.29, 1.82) is 0 Å². The highest BCUT2D eigenvalue weighted by Crippen LogP contribution is 2.72. The third-order valence-electron chi connectivity index (χ3n) is 4.23. The van der Waals surface area contributed by atoms with E-state index in [4.69, 9.17) is 0 Å². The molecule has 1 aliphatic rings. The quantitative estimate of drug-likeness (QED) is 0.414. The van der Waals surface area contributed by atoms with Crippen molar-refractivity contribution in [2.75, 3.05) is 0 Å². The van der Waals surface area contributed by atoms with E-state index in [-0.39, 0.29) is 0 Å². The molecule has 15 heavy (non-hydrogen) atoms. The zero-order valence-electron chi connectivity index (χ0n) is 11.9. The molecule has 0 N–H and O–H groups in total. The lowest BCUT2D eigenvalue weighted by Gasteiger charge is -2.41. The number of hydrogen-bond donors (Lipinski definition) is 0. The van der Waals surface area contributed by atoms with E-state index in [1.807, 2.05) is 0 Å². The Labute approximate surface area is 97.2 Å². The van der Waals surface area contributed by atoms with E-state index in [9.17, 15) is 0 Å². The molecule has 1 atom stereocenters. The Morgan fingerprint density at radius 2 is 1.40 bits per heavy atom. The zero-order valence-corrected chi connectivity index (χ0v) is 12.9. The maximum atomic E-state index is 2.54. The maximum Gasteiger partial charge on any atom is 0.0712 e. The molecule has 0 aromatic rings. The van der Waals surface area contributed by atoms with Gasteiger partial charge in [-0.1, -0.05) is 59.2 Å². The molecule has 1 heterocycles. The Kier molecular flexibility index (Phi) is 3.02. The first kappa shape index (κ1) is 13.0. The first-order chi connectivity index (χ1) is 6.52. The van der Waals surface area contributed by atoms with E-state index in [0.29, 0.717) is 10.1 Å². The van der Waals surface area contributed by atoms with Crippen LogP contribution in [0.5, 0.6) is 0 Å². The van der Waals surface area contributed by atoms with Crippen LogP contribution >= 0.6 is 0 Å². The van der Waals surface area contributed by atoms with Crippen LogP contribution in [0.1, 0.15) is 55.4 Å². The molecule has 0 nitrogen and oxygen atoms in total. The van der Waals surface area contributed by atoms with E-state index in [2.05, 4.69) is 61.5 Å². The van der Waals surface area contributed by atoms with Crippen molar-refractivity contribution in [3.8, 4) is 0 Å². The molecule has 0 aromatic heterocycles. The van der Waals surface area contributed by atoms with E-state index >= 15 is 0 Å². The molecular weight excluding hydrogens is 196 g/mol. The summed E-state index contributed by atoms with van der Waals surface area (Å²) in [7, 11) is -1.13. The summed E-state index contributed by atoms with van der Waals surface area (Å²) < 4.78 is 0. The van der Waals surface area contributed by atoms with Crippen molar-refractivity contribution in [1.82, 2.24) is 0 Å². The van der Waals surface area contributed by atoms with Crippen molar-refractivity contribution < 1.29 is 0 Å². The highest BCUT2D eigenvalue weighted by atomic mass is 28.3. The molecule has 0 aliphatic carbocycles. The minimum absolute atomic E-state index is 0.544. The van der Waals surface area contributed by atoms with E-state index in [1.165, 1.54) is 11.6 Å². The first-order valence-corrected chi connectivity index (χ1v) is 8.46. The average Bonchev–Trinajstić information content (AvgIpc) is 2.57. The van der Waals surface area contributed by atoms with Gasteiger partial charge in [-0.3, -0.25) is 0 Å². The minimum Gasteiger partial charge on any atom is -0.0857 e. The molecule has 1 fully saturated rings. The summed E-state index contributed by atoms with van der Waals surface area (Å²) >= 11 is 0. The lowest BCUT2D eigenvalue weighted by Crippen LogP contribution is -2.39. The molecule has 1 aliphatic heterocycles. The van der Waals surface area contributed by atoms with Crippen LogP contribution in [-0.2, 0) is 0 Å². The topological polar surface area (TPSA) is 0 Å². The average molecular weight is 224 g/mol. The smallest absolute Gasteiger partial charge is 0.0712 e. The predicted molar refractivity (Wildman–Crippen MR) is 73.2 cm³/mol. The fourth-order valence-electron chi connectivity index (χ4n) is 3.74. The summed E-state index contributed by atoms with van der Waals surface area (Å²) in [6.45, 7) is 19.2. The normalized spacial score (nSPS) is 24.9. The van der Waals surface area contributed by atoms with Gasteiger partial charge >= 0.3 is 0 Å². The van der Waals surface area contributed by atoms with Crippen LogP contribution < -0.4 is 0 Å². The fraction of sp³-hybridized carbons (Fsp3) is 0.857. The summed E-state index contributed by atoms with van der Waals surface area (Å²) in [6.07, 6.45) is 2.54. The van der Waals surface area contributed by atoms with Gasteiger partial charge in [-0.25, -0.2) is 0 Å². The van der Waals surface area contributed by atoms with Gasteiger partial charge in [0.2, 0.25) is 0 Å². The molecule has 1 unspecified atom stereocenters. The highest BCUT2D eigenvalue weighted by molar-refractivity contribution is 6.96. The van der Waals surface area contributed by atoms with E-state index in [0.717, 1.165) is 5.54 Å². The van der Waals surface area contributed by atoms with Gasteiger partial charge in [0.25, 0.3) is 0 Å². The SMILES string of the molecule is CC(C)=CC1C[Si]1(C(C)(C)C)C(C)(C)C. The van der Waals surface area contributed by atoms with Crippen LogP contribution in [0.4, 0.5) is 0 Å². The van der Waals surface area contributed by atoms with Crippen LogP contribution in [0.25, 0.3) is 0 Å². The fourth-order valence-corrected chi connectivity index (χ4v) is 11.4. The molecule has 0 spiro atoms. The Hall–Kier alpha value is -0.0431. The minimum atomic E-state index is -1.13. The maximum absolute atomic E-state index is 2.54. The van der Waals surface area contributed by atoms with Gasteiger partial charge in [0.1, 0.15) is 0 Å². The van der Waals surface area contributed by atoms with Crippen LogP contribution in [-0.4, -0.2) is 8.07 Å². The van der Waals surface area contributed by atoms with Gasteiger partial charge in [0, 0.05) is 0 Å². The van der Waals surface area contributed by atoms with Gasteiger partial charge in [-0.2, -0.15) is 0 Å². The van der Waals surface area contributed by atoms with Gasteiger partial charge < -0.3 is 0 Å². The van der Waals surface area contributed by atoms with Crippen LogP contribution in [0.15, 0.2) is 11.6 Å². The number of hydrogen-bond acceptors (Lipinski definition) is 0. The Morgan fingerprint density at radius 3 is 1.60 bits per heavy atom. The second kappa shape index (κ2) is 3.48. The Balaban J connectivity index is 3.02. The Bertz CT molecular complexity index is 255. The second-order valence-electron chi connectivity index (χ2n) is 7.53. The summed E-state index contributed by atoms with van der Waals surface area (Å²) in [5.41, 5.74) is 2.44. The molecule has 0 aromatic carbocycles. The lowest BCUT2D eigenvalue weighted by atomic mass is 10.2. The van der Waals surface area contributed by atoms with Gasteiger partial charge in [-0.15, -0.1) is 0 Å². The lowest BCUT2D eigenvalue weighted by molar-refractivity contribution is 0.636. The second-order valence-corrected chi connectivity index (χ2v) is 13.6. The third-order valence-corrected chi connectivity index (χ3v) is 11.8. The Morgan fingerprint density at radius 1 is 1.00 bits per heavy atom. The van der Waals surface area contributed by atoms with E-state index < -0.39 is 8.07 Å². The van der Waals surface area contributed by atoms with Gasteiger partial charge in [0.15, 0.2) is 0 Å². The van der Waals surface area contributed by atoms with Crippen molar-refractivity contribution in [3.63, 3.8) is 0 Å². The molecule has 0 radical (unpaired) electrons. The largest absolute Gasteiger partial charge is 0.0857 e. The molecule has 0 saturated carbocycles. The molecule has 0 amide bonds. The first-order valence-electron chi connectivity index (χ1n) is 6.17. The van der Waals surface area contributed by atoms with Crippen molar-refractivity contribution in [3.05, 3.63) is 11.6 Å². The molecule has 1 heteroatoms. The highest BCUT2D eigenvalue weighted by Gasteiger charge is 2.67. The monoisotopic (exact) mass is 224 g/mol. The molecule has 0 bridgehead atoms. The van der Waals surface area contributed by atoms with E-state index in [1.54, 1.807) is 0 Å². The summed E-state index contributed by atoms with van der Waals surface area (Å²) in [4.78, 5) is 0. The molecule has 1 rings (SSSR count). The van der Waals surface area contributed by atoms with Crippen molar-refractivity contribution in [2.45, 2.75) is 77.1 Å². The van der Waals surface area contributed by atoms with Gasteiger partial charge in [0.05, 0.1) is 8.07 Å². The third kappa shape index (κ3) is 2.08. The standard InChI is InChI=1S/C14H28Si/c1-11(2)9-12-10-15(12,13(3,4)5)14(6,7)8/h9,12H,10H2,1-8H3. The van der Waals surface area contributed by atoms with Crippen molar-refractivity contribution in [2.24, 2.45) is 0 Å². The molecule has 1 saturated heterocycles. The number of allylic oxidation sites excluding steroid dienone is 2. The van der Waals surface area contributed by atoms with Crippen LogP contribution in [0.2, 0.25) is 21.7 Å². The summed E-state index contributed by atoms with van der Waals surface area (Å²) in [5, 5.41) is 1.09. The van der Waals surface area contributed by atoms with Crippen LogP contribution in [0, 0.1) is 0 Å².